The lowest BCUT2D eigenvalue weighted by Gasteiger charge is -2.19. The number of carbonyl (C=O) groups is 1. The van der Waals surface area contributed by atoms with E-state index in [-0.39, 0.29) is 12.5 Å². The van der Waals surface area contributed by atoms with E-state index in [1.54, 1.807) is 0 Å². The lowest BCUT2D eigenvalue weighted by atomic mass is 10.1. The summed E-state index contributed by atoms with van der Waals surface area (Å²) in [7, 11) is 0. The van der Waals surface area contributed by atoms with Crippen LogP contribution in [0, 0.1) is 11.8 Å². The van der Waals surface area contributed by atoms with Crippen LogP contribution in [-0.2, 0) is 4.79 Å². The molecule has 1 aliphatic rings. The average molecular weight is 243 g/mol. The Hall–Kier alpha value is -1.79. The Morgan fingerprint density at radius 3 is 2.89 bits per heavy atom. The monoisotopic (exact) mass is 243 g/mol. The van der Waals surface area contributed by atoms with E-state index in [0.29, 0.717) is 6.54 Å². The maximum absolute atomic E-state index is 10.7. The summed E-state index contributed by atoms with van der Waals surface area (Å²) in [6.07, 6.45) is 2.28. The number of carboxylic acid groups (broad SMARTS) is 1. The lowest BCUT2D eigenvalue weighted by molar-refractivity contribution is -0.138. The molecule has 1 atom stereocenters. The predicted octanol–water partition coefficient (Wildman–Crippen LogP) is 1.98. The Morgan fingerprint density at radius 2 is 2.17 bits per heavy atom. The van der Waals surface area contributed by atoms with Gasteiger partial charge in [0, 0.05) is 11.6 Å². The summed E-state index contributed by atoms with van der Waals surface area (Å²) in [5, 5.41) is 8.83. The van der Waals surface area contributed by atoms with Crippen molar-refractivity contribution in [1.82, 2.24) is 4.90 Å². The molecule has 1 saturated heterocycles. The van der Waals surface area contributed by atoms with E-state index in [0.717, 1.165) is 24.9 Å². The Kier molecular flexibility index (Phi) is 4.38. The molecule has 18 heavy (non-hydrogen) atoms. The van der Waals surface area contributed by atoms with E-state index in [2.05, 4.69) is 16.7 Å². The van der Waals surface area contributed by atoms with Gasteiger partial charge in [0.15, 0.2) is 0 Å². The predicted molar refractivity (Wildman–Crippen MR) is 70.2 cm³/mol. The zero-order valence-corrected chi connectivity index (χ0v) is 10.3. The first-order valence-corrected chi connectivity index (χ1v) is 6.25. The second kappa shape index (κ2) is 6.23. The van der Waals surface area contributed by atoms with Gasteiger partial charge in [0.1, 0.15) is 0 Å². The first-order chi connectivity index (χ1) is 8.75. The third-order valence-electron chi connectivity index (χ3n) is 3.20. The van der Waals surface area contributed by atoms with Gasteiger partial charge in [-0.1, -0.05) is 30.0 Å². The van der Waals surface area contributed by atoms with Crippen LogP contribution >= 0.6 is 0 Å². The number of benzene rings is 1. The van der Waals surface area contributed by atoms with Crippen LogP contribution in [0.2, 0.25) is 0 Å². The second-order valence-electron chi connectivity index (χ2n) is 4.53. The zero-order chi connectivity index (χ0) is 12.8. The minimum absolute atomic E-state index is 0.160. The van der Waals surface area contributed by atoms with Crippen molar-refractivity contribution in [3.63, 3.8) is 0 Å². The molecule has 1 unspecified atom stereocenters. The topological polar surface area (TPSA) is 40.5 Å². The number of hydrogen-bond donors (Lipinski definition) is 1. The van der Waals surface area contributed by atoms with Crippen molar-refractivity contribution in [3.05, 3.63) is 35.9 Å². The third kappa shape index (κ3) is 3.61. The Bertz CT molecular complexity index is 458. The first-order valence-electron chi connectivity index (χ1n) is 6.25. The molecule has 1 N–H and O–H groups in total. The van der Waals surface area contributed by atoms with Gasteiger partial charge in [-0.25, -0.2) is 0 Å². The van der Waals surface area contributed by atoms with Gasteiger partial charge in [0.25, 0.3) is 0 Å². The van der Waals surface area contributed by atoms with Crippen molar-refractivity contribution in [1.29, 1.82) is 0 Å². The molecule has 0 saturated carbocycles. The number of likely N-dealkylation sites (tertiary alicyclic amines) is 1. The van der Waals surface area contributed by atoms with Crippen LogP contribution in [0.15, 0.2) is 30.3 Å². The van der Waals surface area contributed by atoms with E-state index >= 15 is 0 Å². The number of hydrogen-bond acceptors (Lipinski definition) is 2. The van der Waals surface area contributed by atoms with Crippen LogP contribution in [0.4, 0.5) is 0 Å². The summed E-state index contributed by atoms with van der Waals surface area (Å²) in [4.78, 5) is 12.9. The quantitative estimate of drug-likeness (QED) is 0.825. The number of carboxylic acids is 1. The first kappa shape index (κ1) is 12.7. The Morgan fingerprint density at radius 1 is 1.39 bits per heavy atom. The Balaban J connectivity index is 1.90. The molecule has 94 valence electrons. The van der Waals surface area contributed by atoms with Crippen molar-refractivity contribution in [2.75, 3.05) is 13.1 Å². The standard InChI is InChI=1S/C15H17NO2/c17-15(18)12-14-9-5-11-16(14)10-4-8-13-6-2-1-3-7-13/h1-3,6-7,14H,5,9-12H2,(H,17,18). The van der Waals surface area contributed by atoms with E-state index in [9.17, 15) is 4.79 Å². The fourth-order valence-corrected chi connectivity index (χ4v) is 2.30. The van der Waals surface area contributed by atoms with Gasteiger partial charge in [0.2, 0.25) is 0 Å². The molecule has 1 fully saturated rings. The van der Waals surface area contributed by atoms with Crippen molar-refractivity contribution < 1.29 is 9.90 Å². The molecule has 0 aliphatic carbocycles. The molecule has 0 amide bonds. The van der Waals surface area contributed by atoms with Crippen LogP contribution in [0.5, 0.6) is 0 Å². The number of rotatable bonds is 3. The highest BCUT2D eigenvalue weighted by Crippen LogP contribution is 2.19. The van der Waals surface area contributed by atoms with Crippen molar-refractivity contribution in [2.24, 2.45) is 0 Å². The smallest absolute Gasteiger partial charge is 0.304 e. The fraction of sp³-hybridized carbons (Fsp3) is 0.400. The van der Waals surface area contributed by atoms with E-state index < -0.39 is 5.97 Å². The van der Waals surface area contributed by atoms with Gasteiger partial charge in [-0.15, -0.1) is 0 Å². The molecule has 2 rings (SSSR count). The molecule has 0 radical (unpaired) electrons. The Labute approximate surface area is 107 Å². The second-order valence-corrected chi connectivity index (χ2v) is 4.53. The van der Waals surface area contributed by atoms with Gasteiger partial charge < -0.3 is 5.11 Å². The summed E-state index contributed by atoms with van der Waals surface area (Å²) in [6.45, 7) is 1.62. The average Bonchev–Trinajstić information content (AvgIpc) is 2.77. The minimum Gasteiger partial charge on any atom is -0.481 e. The SMILES string of the molecule is O=C(O)CC1CCCN1CC#Cc1ccccc1. The molecule has 0 bridgehead atoms. The number of nitrogens with zero attached hydrogens (tertiary/aromatic N) is 1. The maximum atomic E-state index is 10.7. The van der Waals surface area contributed by atoms with Gasteiger partial charge in [0.05, 0.1) is 13.0 Å². The number of aliphatic carboxylic acids is 1. The van der Waals surface area contributed by atoms with Crippen LogP contribution in [-0.4, -0.2) is 35.1 Å². The third-order valence-corrected chi connectivity index (χ3v) is 3.20. The van der Waals surface area contributed by atoms with Gasteiger partial charge in [-0.3, -0.25) is 9.69 Å². The summed E-state index contributed by atoms with van der Waals surface area (Å²) in [6, 6.07) is 10.0. The van der Waals surface area contributed by atoms with Gasteiger partial charge in [-0.2, -0.15) is 0 Å². The van der Waals surface area contributed by atoms with Gasteiger partial charge >= 0.3 is 5.97 Å². The molecule has 1 aromatic rings. The minimum atomic E-state index is -0.720. The molecular formula is C15H17NO2. The molecule has 1 aromatic carbocycles. The van der Waals surface area contributed by atoms with Gasteiger partial charge in [-0.05, 0) is 31.5 Å². The highest BCUT2D eigenvalue weighted by molar-refractivity contribution is 5.67. The summed E-state index contributed by atoms with van der Waals surface area (Å²) >= 11 is 0. The van der Waals surface area contributed by atoms with Crippen molar-refractivity contribution in [3.8, 4) is 11.8 Å². The molecule has 1 heterocycles. The summed E-state index contributed by atoms with van der Waals surface area (Å²) in [5.41, 5.74) is 1.01. The summed E-state index contributed by atoms with van der Waals surface area (Å²) in [5.74, 6) is 5.52. The van der Waals surface area contributed by atoms with E-state index in [4.69, 9.17) is 5.11 Å². The highest BCUT2D eigenvalue weighted by atomic mass is 16.4. The van der Waals surface area contributed by atoms with Crippen molar-refractivity contribution in [2.45, 2.75) is 25.3 Å². The largest absolute Gasteiger partial charge is 0.481 e. The van der Waals surface area contributed by atoms with Crippen LogP contribution < -0.4 is 0 Å². The van der Waals surface area contributed by atoms with Crippen molar-refractivity contribution >= 4 is 5.97 Å². The molecule has 0 spiro atoms. The molecule has 3 nitrogen and oxygen atoms in total. The van der Waals surface area contributed by atoms with E-state index in [1.807, 2.05) is 30.3 Å². The maximum Gasteiger partial charge on any atom is 0.304 e. The zero-order valence-electron chi connectivity index (χ0n) is 10.3. The highest BCUT2D eigenvalue weighted by Gasteiger charge is 2.25. The van der Waals surface area contributed by atoms with Crippen LogP contribution in [0.25, 0.3) is 0 Å². The molecular weight excluding hydrogens is 226 g/mol. The molecule has 0 aromatic heterocycles. The molecule has 1 aliphatic heterocycles. The molecule has 3 heteroatoms. The normalized spacial score (nSPS) is 19.2. The lowest BCUT2D eigenvalue weighted by Crippen LogP contribution is -2.31. The fourth-order valence-electron chi connectivity index (χ4n) is 2.30. The van der Waals surface area contributed by atoms with Crippen LogP contribution in [0.3, 0.4) is 0 Å². The van der Waals surface area contributed by atoms with Crippen LogP contribution in [0.1, 0.15) is 24.8 Å². The summed E-state index contributed by atoms with van der Waals surface area (Å²) < 4.78 is 0. The van der Waals surface area contributed by atoms with E-state index in [1.165, 1.54) is 0 Å².